The Labute approximate surface area is 134 Å². The average molecular weight is 318 g/mol. The second kappa shape index (κ2) is 7.33. The van der Waals surface area contributed by atoms with Gasteiger partial charge in [-0.25, -0.2) is 8.78 Å². The van der Waals surface area contributed by atoms with E-state index >= 15 is 0 Å². The number of hydrogen-bond donors (Lipinski definition) is 2. The SMILES string of the molecule is Cc1ccc(NC(=O)CN[C@@H](C)c2ccc(F)c(F)c2)c(C)c1. The fourth-order valence-electron chi connectivity index (χ4n) is 2.29. The molecule has 0 unspecified atom stereocenters. The first-order chi connectivity index (χ1) is 10.9. The number of carbonyl (C=O) groups is 1. The normalized spacial score (nSPS) is 12.0. The van der Waals surface area contributed by atoms with Crippen molar-refractivity contribution in [1.29, 1.82) is 0 Å². The van der Waals surface area contributed by atoms with Crippen LogP contribution < -0.4 is 10.6 Å². The van der Waals surface area contributed by atoms with E-state index in [1.54, 1.807) is 6.92 Å². The summed E-state index contributed by atoms with van der Waals surface area (Å²) in [5.74, 6) is -1.96. The van der Waals surface area contributed by atoms with Crippen LogP contribution in [0.3, 0.4) is 0 Å². The summed E-state index contributed by atoms with van der Waals surface area (Å²) in [6, 6.07) is 9.23. The Hall–Kier alpha value is -2.27. The highest BCUT2D eigenvalue weighted by Gasteiger charge is 2.11. The van der Waals surface area contributed by atoms with Gasteiger partial charge in [0.1, 0.15) is 0 Å². The van der Waals surface area contributed by atoms with E-state index in [1.165, 1.54) is 6.07 Å². The van der Waals surface area contributed by atoms with Crippen LogP contribution in [0.1, 0.15) is 29.7 Å². The van der Waals surface area contributed by atoms with Crippen molar-refractivity contribution in [2.24, 2.45) is 0 Å². The minimum atomic E-state index is -0.893. The van der Waals surface area contributed by atoms with Crippen LogP contribution >= 0.6 is 0 Å². The minimum Gasteiger partial charge on any atom is -0.325 e. The van der Waals surface area contributed by atoms with E-state index in [4.69, 9.17) is 0 Å². The third-order valence-corrected chi connectivity index (χ3v) is 3.67. The van der Waals surface area contributed by atoms with Gasteiger partial charge in [-0.05, 0) is 50.1 Å². The lowest BCUT2D eigenvalue weighted by molar-refractivity contribution is -0.115. The van der Waals surface area contributed by atoms with Gasteiger partial charge in [-0.2, -0.15) is 0 Å². The van der Waals surface area contributed by atoms with Gasteiger partial charge < -0.3 is 10.6 Å². The van der Waals surface area contributed by atoms with Crippen molar-refractivity contribution in [3.8, 4) is 0 Å². The largest absolute Gasteiger partial charge is 0.325 e. The molecule has 2 rings (SSSR count). The molecule has 2 N–H and O–H groups in total. The molecular formula is C18H20F2N2O. The van der Waals surface area contributed by atoms with Gasteiger partial charge in [0.25, 0.3) is 0 Å². The smallest absolute Gasteiger partial charge is 0.238 e. The van der Waals surface area contributed by atoms with Crippen molar-refractivity contribution in [2.75, 3.05) is 11.9 Å². The molecular weight excluding hydrogens is 298 g/mol. The zero-order chi connectivity index (χ0) is 17.0. The first-order valence-corrected chi connectivity index (χ1v) is 7.42. The fraction of sp³-hybridized carbons (Fsp3) is 0.278. The molecule has 2 aromatic carbocycles. The summed E-state index contributed by atoms with van der Waals surface area (Å²) in [5.41, 5.74) is 3.48. The van der Waals surface area contributed by atoms with Gasteiger partial charge >= 0.3 is 0 Å². The van der Waals surface area contributed by atoms with Gasteiger partial charge in [-0.3, -0.25) is 4.79 Å². The Morgan fingerprint density at radius 2 is 1.83 bits per heavy atom. The molecule has 1 atom stereocenters. The van der Waals surface area contributed by atoms with Crippen molar-refractivity contribution >= 4 is 11.6 Å². The number of nitrogens with one attached hydrogen (secondary N) is 2. The Bertz CT molecular complexity index is 716. The summed E-state index contributed by atoms with van der Waals surface area (Å²) in [4.78, 5) is 12.0. The molecule has 23 heavy (non-hydrogen) atoms. The highest BCUT2D eigenvalue weighted by Crippen LogP contribution is 2.17. The lowest BCUT2D eigenvalue weighted by Crippen LogP contribution is -2.30. The molecule has 2 aromatic rings. The second-order valence-corrected chi connectivity index (χ2v) is 5.64. The topological polar surface area (TPSA) is 41.1 Å². The molecule has 0 aliphatic carbocycles. The fourth-order valence-corrected chi connectivity index (χ4v) is 2.29. The molecule has 3 nitrogen and oxygen atoms in total. The lowest BCUT2D eigenvalue weighted by Gasteiger charge is -2.15. The van der Waals surface area contributed by atoms with Crippen LogP contribution in [-0.2, 0) is 4.79 Å². The molecule has 5 heteroatoms. The van der Waals surface area contributed by atoms with E-state index in [0.29, 0.717) is 5.56 Å². The second-order valence-electron chi connectivity index (χ2n) is 5.64. The van der Waals surface area contributed by atoms with E-state index in [9.17, 15) is 13.6 Å². The van der Waals surface area contributed by atoms with Crippen LogP contribution in [-0.4, -0.2) is 12.5 Å². The van der Waals surface area contributed by atoms with Crippen LogP contribution in [0.15, 0.2) is 36.4 Å². The summed E-state index contributed by atoms with van der Waals surface area (Å²) in [6.07, 6.45) is 0. The summed E-state index contributed by atoms with van der Waals surface area (Å²) < 4.78 is 26.1. The van der Waals surface area contributed by atoms with Gasteiger partial charge in [-0.1, -0.05) is 23.8 Å². The van der Waals surface area contributed by atoms with Crippen molar-refractivity contribution in [3.63, 3.8) is 0 Å². The van der Waals surface area contributed by atoms with Gasteiger partial charge in [-0.15, -0.1) is 0 Å². The van der Waals surface area contributed by atoms with Gasteiger partial charge in [0.15, 0.2) is 11.6 Å². The number of carbonyl (C=O) groups excluding carboxylic acids is 1. The molecule has 0 radical (unpaired) electrons. The van der Waals surface area contributed by atoms with Gasteiger partial charge in [0.2, 0.25) is 5.91 Å². The Kier molecular flexibility index (Phi) is 5.45. The number of rotatable bonds is 5. The molecule has 0 saturated carbocycles. The van der Waals surface area contributed by atoms with Crippen molar-refractivity contribution in [2.45, 2.75) is 26.8 Å². The highest BCUT2D eigenvalue weighted by molar-refractivity contribution is 5.93. The van der Waals surface area contributed by atoms with Crippen LogP contribution in [0.25, 0.3) is 0 Å². The highest BCUT2D eigenvalue weighted by atomic mass is 19.2. The lowest BCUT2D eigenvalue weighted by atomic mass is 10.1. The molecule has 0 aromatic heterocycles. The van der Waals surface area contributed by atoms with Crippen molar-refractivity contribution in [3.05, 3.63) is 64.7 Å². The van der Waals surface area contributed by atoms with Crippen LogP contribution in [0.5, 0.6) is 0 Å². The van der Waals surface area contributed by atoms with Crippen molar-refractivity contribution in [1.82, 2.24) is 5.32 Å². The summed E-state index contributed by atoms with van der Waals surface area (Å²) >= 11 is 0. The monoisotopic (exact) mass is 318 g/mol. The number of amides is 1. The predicted octanol–water partition coefficient (Wildman–Crippen LogP) is 3.87. The molecule has 0 bridgehead atoms. The number of benzene rings is 2. The molecule has 1 amide bonds. The third kappa shape index (κ3) is 4.60. The van der Waals surface area contributed by atoms with E-state index in [1.807, 2.05) is 32.0 Å². The number of hydrogen-bond acceptors (Lipinski definition) is 2. The first kappa shape index (κ1) is 17.1. The Balaban J connectivity index is 1.91. The quantitative estimate of drug-likeness (QED) is 0.878. The number of anilines is 1. The van der Waals surface area contributed by atoms with E-state index in [-0.39, 0.29) is 18.5 Å². The molecule has 0 fully saturated rings. The van der Waals surface area contributed by atoms with Crippen LogP contribution in [0, 0.1) is 25.5 Å². The maximum absolute atomic E-state index is 13.2. The number of aryl methyl sites for hydroxylation is 2. The van der Waals surface area contributed by atoms with Gasteiger partial charge in [0.05, 0.1) is 6.54 Å². The van der Waals surface area contributed by atoms with E-state index in [2.05, 4.69) is 10.6 Å². The third-order valence-electron chi connectivity index (χ3n) is 3.67. The van der Waals surface area contributed by atoms with Crippen molar-refractivity contribution < 1.29 is 13.6 Å². The van der Waals surface area contributed by atoms with Crippen LogP contribution in [0.4, 0.5) is 14.5 Å². The molecule has 0 aliphatic heterocycles. The maximum Gasteiger partial charge on any atom is 0.238 e. The zero-order valence-electron chi connectivity index (χ0n) is 13.4. The first-order valence-electron chi connectivity index (χ1n) is 7.42. The minimum absolute atomic E-state index is 0.0769. The van der Waals surface area contributed by atoms with E-state index < -0.39 is 11.6 Å². The molecule has 122 valence electrons. The molecule has 0 saturated heterocycles. The standard InChI is InChI=1S/C18H20F2N2O/c1-11-4-7-17(12(2)8-11)22-18(23)10-21-13(3)14-5-6-15(19)16(20)9-14/h4-9,13,21H,10H2,1-3H3,(H,22,23)/t13-/m0/s1. The maximum atomic E-state index is 13.2. The average Bonchev–Trinajstić information content (AvgIpc) is 2.50. The van der Waals surface area contributed by atoms with Crippen LogP contribution in [0.2, 0.25) is 0 Å². The summed E-state index contributed by atoms with van der Waals surface area (Å²) in [7, 11) is 0. The Morgan fingerprint density at radius 3 is 2.48 bits per heavy atom. The zero-order valence-corrected chi connectivity index (χ0v) is 13.4. The van der Waals surface area contributed by atoms with E-state index in [0.717, 1.165) is 28.9 Å². The molecule has 0 heterocycles. The summed E-state index contributed by atoms with van der Waals surface area (Å²) in [6.45, 7) is 5.79. The predicted molar refractivity (Wildman–Crippen MR) is 87.3 cm³/mol. The summed E-state index contributed by atoms with van der Waals surface area (Å²) in [5, 5.41) is 5.82. The van der Waals surface area contributed by atoms with Gasteiger partial charge in [0, 0.05) is 11.7 Å². The Morgan fingerprint density at radius 1 is 1.09 bits per heavy atom. The molecule has 0 aliphatic rings. The number of halogens is 2. The molecule has 0 spiro atoms.